The molecule has 3 N–H and O–H groups in total. The third-order valence-electron chi connectivity index (χ3n) is 2.82. The molecular formula is C12H16ClN3O. The van der Waals surface area contributed by atoms with E-state index >= 15 is 0 Å². The van der Waals surface area contributed by atoms with E-state index in [1.54, 1.807) is 6.07 Å². The molecular weight excluding hydrogens is 238 g/mol. The molecule has 1 fully saturated rings. The van der Waals surface area contributed by atoms with E-state index in [0.717, 1.165) is 24.3 Å². The molecule has 1 aliphatic heterocycles. The van der Waals surface area contributed by atoms with E-state index < -0.39 is 0 Å². The standard InChI is InChI=1S/C12H16ClN3O/c1-8-4-9(13)2-3-11(8)15-12(17)7-16-5-10(14)6-16/h2-4,10H,5-7,14H2,1H3,(H,15,17). The Morgan fingerprint density at radius 3 is 2.88 bits per heavy atom. The molecule has 4 nitrogen and oxygen atoms in total. The number of nitrogens with zero attached hydrogens (tertiary/aromatic N) is 1. The van der Waals surface area contributed by atoms with Gasteiger partial charge < -0.3 is 11.1 Å². The molecule has 0 bridgehead atoms. The summed E-state index contributed by atoms with van der Waals surface area (Å²) in [4.78, 5) is 13.8. The minimum Gasteiger partial charge on any atom is -0.325 e. The van der Waals surface area contributed by atoms with Gasteiger partial charge in [0.1, 0.15) is 0 Å². The van der Waals surface area contributed by atoms with Crippen LogP contribution in [0.3, 0.4) is 0 Å². The van der Waals surface area contributed by atoms with Gasteiger partial charge in [-0.15, -0.1) is 0 Å². The lowest BCUT2D eigenvalue weighted by Gasteiger charge is -2.36. The maximum atomic E-state index is 11.7. The molecule has 1 saturated heterocycles. The summed E-state index contributed by atoms with van der Waals surface area (Å²) in [5.74, 6) is -0.0117. The third-order valence-corrected chi connectivity index (χ3v) is 3.05. The first-order chi connectivity index (χ1) is 8.04. The molecule has 1 aliphatic rings. The summed E-state index contributed by atoms with van der Waals surface area (Å²) in [6.45, 7) is 3.91. The largest absolute Gasteiger partial charge is 0.325 e. The van der Waals surface area contributed by atoms with Gasteiger partial charge in [-0.25, -0.2) is 0 Å². The Balaban J connectivity index is 1.89. The van der Waals surface area contributed by atoms with Crippen LogP contribution in [-0.4, -0.2) is 36.5 Å². The lowest BCUT2D eigenvalue weighted by molar-refractivity contribution is -0.118. The Labute approximate surface area is 106 Å². The molecule has 0 atom stereocenters. The van der Waals surface area contributed by atoms with Crippen molar-refractivity contribution in [3.8, 4) is 0 Å². The molecule has 1 amide bonds. The van der Waals surface area contributed by atoms with Crippen LogP contribution >= 0.6 is 11.6 Å². The second-order valence-electron chi connectivity index (χ2n) is 4.46. The first kappa shape index (κ1) is 12.4. The topological polar surface area (TPSA) is 58.4 Å². The first-order valence-corrected chi connectivity index (χ1v) is 5.96. The molecule has 92 valence electrons. The second kappa shape index (κ2) is 5.04. The number of carbonyl (C=O) groups is 1. The maximum absolute atomic E-state index is 11.7. The van der Waals surface area contributed by atoms with Crippen LogP contribution in [0.2, 0.25) is 5.02 Å². The van der Waals surface area contributed by atoms with Crippen LogP contribution in [0.15, 0.2) is 18.2 Å². The number of nitrogens with one attached hydrogen (secondary N) is 1. The third kappa shape index (κ3) is 3.19. The zero-order chi connectivity index (χ0) is 12.4. The maximum Gasteiger partial charge on any atom is 0.238 e. The minimum atomic E-state index is -0.0117. The minimum absolute atomic E-state index is 0.0117. The van der Waals surface area contributed by atoms with E-state index in [0.29, 0.717) is 11.6 Å². The van der Waals surface area contributed by atoms with E-state index in [1.807, 2.05) is 24.0 Å². The molecule has 0 aromatic heterocycles. The van der Waals surface area contributed by atoms with Crippen LogP contribution in [0.5, 0.6) is 0 Å². The molecule has 17 heavy (non-hydrogen) atoms. The van der Waals surface area contributed by atoms with Gasteiger partial charge in [0.2, 0.25) is 5.91 Å². The summed E-state index contributed by atoms with van der Waals surface area (Å²) in [6, 6.07) is 5.64. The number of rotatable bonds is 3. The first-order valence-electron chi connectivity index (χ1n) is 5.58. The van der Waals surface area contributed by atoms with Gasteiger partial charge in [-0.2, -0.15) is 0 Å². The highest BCUT2D eigenvalue weighted by molar-refractivity contribution is 6.30. The summed E-state index contributed by atoms with van der Waals surface area (Å²) in [5.41, 5.74) is 7.42. The Morgan fingerprint density at radius 2 is 2.29 bits per heavy atom. The Hall–Kier alpha value is -1.10. The fraction of sp³-hybridized carbons (Fsp3) is 0.417. The number of aryl methyl sites for hydroxylation is 1. The number of hydrogen-bond donors (Lipinski definition) is 2. The number of anilines is 1. The predicted molar refractivity (Wildman–Crippen MR) is 69.2 cm³/mol. The molecule has 1 heterocycles. The average Bonchev–Trinajstić information content (AvgIpc) is 2.20. The molecule has 0 spiro atoms. The predicted octanol–water partition coefficient (Wildman–Crippen LogP) is 1.23. The van der Waals surface area contributed by atoms with Gasteiger partial charge in [-0.1, -0.05) is 11.6 Å². The van der Waals surface area contributed by atoms with Crippen molar-refractivity contribution >= 4 is 23.2 Å². The van der Waals surface area contributed by atoms with Gasteiger partial charge >= 0.3 is 0 Å². The lowest BCUT2D eigenvalue weighted by atomic mass is 10.1. The number of hydrogen-bond acceptors (Lipinski definition) is 3. The number of halogens is 1. The SMILES string of the molecule is Cc1cc(Cl)ccc1NC(=O)CN1CC(N)C1. The van der Waals surface area contributed by atoms with Crippen molar-refractivity contribution in [1.82, 2.24) is 4.90 Å². The zero-order valence-electron chi connectivity index (χ0n) is 9.74. The van der Waals surface area contributed by atoms with Crippen LogP contribution in [0.4, 0.5) is 5.69 Å². The monoisotopic (exact) mass is 253 g/mol. The van der Waals surface area contributed by atoms with Crippen LogP contribution in [-0.2, 0) is 4.79 Å². The van der Waals surface area contributed by atoms with Gasteiger partial charge in [-0.05, 0) is 30.7 Å². The highest BCUT2D eigenvalue weighted by Gasteiger charge is 2.24. The molecule has 1 aromatic carbocycles. The van der Waals surface area contributed by atoms with Gasteiger partial charge in [0.15, 0.2) is 0 Å². The van der Waals surface area contributed by atoms with E-state index in [2.05, 4.69) is 5.32 Å². The van der Waals surface area contributed by atoms with E-state index in [4.69, 9.17) is 17.3 Å². The van der Waals surface area contributed by atoms with Crippen LogP contribution < -0.4 is 11.1 Å². The number of amides is 1. The van der Waals surface area contributed by atoms with Gasteiger partial charge in [0, 0.05) is 29.8 Å². The highest BCUT2D eigenvalue weighted by atomic mass is 35.5. The highest BCUT2D eigenvalue weighted by Crippen LogP contribution is 2.19. The quantitative estimate of drug-likeness (QED) is 0.852. The van der Waals surface area contributed by atoms with Crippen molar-refractivity contribution in [3.63, 3.8) is 0 Å². The smallest absolute Gasteiger partial charge is 0.238 e. The summed E-state index contributed by atoms with van der Waals surface area (Å²) in [7, 11) is 0. The van der Waals surface area contributed by atoms with Crippen molar-refractivity contribution in [2.24, 2.45) is 5.73 Å². The second-order valence-corrected chi connectivity index (χ2v) is 4.90. The lowest BCUT2D eigenvalue weighted by Crippen LogP contribution is -2.57. The van der Waals surface area contributed by atoms with Crippen molar-refractivity contribution in [2.45, 2.75) is 13.0 Å². The van der Waals surface area contributed by atoms with E-state index in [1.165, 1.54) is 0 Å². The average molecular weight is 254 g/mol. The normalized spacial score (nSPS) is 16.6. The van der Waals surface area contributed by atoms with Gasteiger partial charge in [0.25, 0.3) is 0 Å². The van der Waals surface area contributed by atoms with Crippen LogP contribution in [0, 0.1) is 6.92 Å². The number of benzene rings is 1. The fourth-order valence-corrected chi connectivity index (χ4v) is 2.13. The van der Waals surface area contributed by atoms with Crippen LogP contribution in [0.1, 0.15) is 5.56 Å². The Morgan fingerprint density at radius 1 is 1.59 bits per heavy atom. The van der Waals surface area contributed by atoms with Crippen molar-refractivity contribution in [3.05, 3.63) is 28.8 Å². The summed E-state index contributed by atoms with van der Waals surface area (Å²) in [6.07, 6.45) is 0. The molecule has 5 heteroatoms. The van der Waals surface area contributed by atoms with Crippen molar-refractivity contribution in [1.29, 1.82) is 0 Å². The molecule has 0 saturated carbocycles. The molecule has 0 aliphatic carbocycles. The van der Waals surface area contributed by atoms with Gasteiger partial charge in [0.05, 0.1) is 6.54 Å². The number of likely N-dealkylation sites (tertiary alicyclic amines) is 1. The number of carbonyl (C=O) groups excluding carboxylic acids is 1. The van der Waals surface area contributed by atoms with E-state index in [-0.39, 0.29) is 11.9 Å². The molecule has 2 rings (SSSR count). The summed E-state index contributed by atoms with van der Waals surface area (Å²) >= 11 is 5.85. The number of nitrogens with two attached hydrogens (primary N) is 1. The van der Waals surface area contributed by atoms with Crippen molar-refractivity contribution < 1.29 is 4.79 Å². The Kier molecular flexibility index (Phi) is 3.66. The molecule has 1 aromatic rings. The summed E-state index contributed by atoms with van der Waals surface area (Å²) in [5, 5.41) is 3.55. The molecule has 0 unspecified atom stereocenters. The van der Waals surface area contributed by atoms with Gasteiger partial charge in [-0.3, -0.25) is 9.69 Å². The Bertz CT molecular complexity index is 430. The zero-order valence-corrected chi connectivity index (χ0v) is 10.5. The molecule has 0 radical (unpaired) electrons. The summed E-state index contributed by atoms with van der Waals surface area (Å²) < 4.78 is 0. The van der Waals surface area contributed by atoms with Crippen molar-refractivity contribution in [2.75, 3.05) is 25.0 Å². The van der Waals surface area contributed by atoms with E-state index in [9.17, 15) is 4.79 Å². The fourth-order valence-electron chi connectivity index (χ4n) is 1.90. The van der Waals surface area contributed by atoms with Crippen LogP contribution in [0.25, 0.3) is 0 Å².